The highest BCUT2D eigenvalue weighted by molar-refractivity contribution is 5.90. The molecule has 172 valence electrons. The summed E-state index contributed by atoms with van der Waals surface area (Å²) in [6, 6.07) is 28.1. The van der Waals surface area contributed by atoms with Crippen LogP contribution in [-0.2, 0) is 10.2 Å². The van der Waals surface area contributed by atoms with Crippen LogP contribution in [0.1, 0.15) is 43.4 Å². The van der Waals surface area contributed by atoms with Crippen LogP contribution in [0.4, 0.5) is 0 Å². The molecule has 4 rings (SSSR count). The number of carbonyl (C=O) groups excluding carboxylic acids is 1. The topological polar surface area (TPSA) is 55.6 Å². The smallest absolute Gasteiger partial charge is 0.232 e. The fourth-order valence-corrected chi connectivity index (χ4v) is 4.85. The Morgan fingerprint density at radius 2 is 1.48 bits per heavy atom. The molecule has 0 saturated carbocycles. The molecule has 4 heteroatoms. The maximum Gasteiger partial charge on any atom is 0.232 e. The fraction of sp³-hybridized carbons (Fsp3) is 0.345. The van der Waals surface area contributed by atoms with Gasteiger partial charge in [-0.3, -0.25) is 9.69 Å². The quantitative estimate of drug-likeness (QED) is 0.502. The number of ether oxygens (including phenoxy) is 1. The first-order chi connectivity index (χ1) is 15.8. The maximum atomic E-state index is 13.1. The number of primary amides is 1. The molecule has 0 spiro atoms. The lowest BCUT2D eigenvalue weighted by molar-refractivity contribution is -0.122. The molecule has 0 aliphatic carbocycles. The van der Waals surface area contributed by atoms with Gasteiger partial charge in [0.2, 0.25) is 5.91 Å². The molecule has 1 aliphatic heterocycles. The van der Waals surface area contributed by atoms with Gasteiger partial charge in [-0.05, 0) is 62.4 Å². The highest BCUT2D eigenvalue weighted by Crippen LogP contribution is 2.40. The van der Waals surface area contributed by atoms with Crippen molar-refractivity contribution in [2.75, 3.05) is 13.1 Å². The largest absolute Gasteiger partial charge is 0.488 e. The zero-order valence-corrected chi connectivity index (χ0v) is 19.8. The summed E-state index contributed by atoms with van der Waals surface area (Å²) in [6.45, 7) is 8.32. The van der Waals surface area contributed by atoms with Gasteiger partial charge in [-0.1, -0.05) is 72.8 Å². The molecule has 33 heavy (non-hydrogen) atoms. The molecule has 1 aliphatic rings. The average Bonchev–Trinajstić information content (AvgIpc) is 2.77. The van der Waals surface area contributed by atoms with Crippen LogP contribution in [0.25, 0.3) is 0 Å². The molecule has 1 fully saturated rings. The van der Waals surface area contributed by atoms with E-state index >= 15 is 0 Å². The van der Waals surface area contributed by atoms with Crippen LogP contribution in [0.5, 0.6) is 5.75 Å². The number of carbonyl (C=O) groups is 1. The minimum Gasteiger partial charge on any atom is -0.488 e. The summed E-state index contributed by atoms with van der Waals surface area (Å²) >= 11 is 0. The monoisotopic (exact) mass is 442 g/mol. The van der Waals surface area contributed by atoms with E-state index in [2.05, 4.69) is 37.8 Å². The lowest BCUT2D eigenvalue weighted by atomic mass is 9.69. The summed E-state index contributed by atoms with van der Waals surface area (Å²) < 4.78 is 6.16. The molecular weight excluding hydrogens is 408 g/mol. The highest BCUT2D eigenvalue weighted by atomic mass is 16.5. The van der Waals surface area contributed by atoms with Crippen LogP contribution in [0, 0.1) is 6.92 Å². The predicted molar refractivity (Wildman–Crippen MR) is 133 cm³/mol. The van der Waals surface area contributed by atoms with Crippen LogP contribution in [0.15, 0.2) is 84.9 Å². The van der Waals surface area contributed by atoms with E-state index in [4.69, 9.17) is 10.5 Å². The van der Waals surface area contributed by atoms with Crippen molar-refractivity contribution in [2.24, 2.45) is 5.73 Å². The number of nitrogens with two attached hydrogens (primary N) is 1. The van der Waals surface area contributed by atoms with E-state index in [0.29, 0.717) is 6.42 Å². The number of likely N-dealkylation sites (tertiary alicyclic amines) is 1. The highest BCUT2D eigenvalue weighted by Gasteiger charge is 2.44. The van der Waals surface area contributed by atoms with E-state index in [1.54, 1.807) is 0 Å². The van der Waals surface area contributed by atoms with Crippen molar-refractivity contribution < 1.29 is 9.53 Å². The summed E-state index contributed by atoms with van der Waals surface area (Å²) in [5.41, 5.74) is 8.29. The van der Waals surface area contributed by atoms with Gasteiger partial charge in [0, 0.05) is 18.6 Å². The van der Waals surface area contributed by atoms with Crippen molar-refractivity contribution >= 4 is 5.91 Å². The van der Waals surface area contributed by atoms with Gasteiger partial charge in [0.05, 0.1) is 5.41 Å². The molecule has 0 atom stereocenters. The first kappa shape index (κ1) is 23.1. The lowest BCUT2D eigenvalue weighted by Crippen LogP contribution is -2.62. The summed E-state index contributed by atoms with van der Waals surface area (Å²) in [7, 11) is 0. The van der Waals surface area contributed by atoms with Gasteiger partial charge in [0.1, 0.15) is 11.9 Å². The number of nitrogens with zero attached hydrogens (tertiary/aromatic N) is 1. The van der Waals surface area contributed by atoms with Gasteiger partial charge in [0.25, 0.3) is 0 Å². The van der Waals surface area contributed by atoms with Crippen LogP contribution in [0.2, 0.25) is 0 Å². The second-order valence-corrected chi connectivity index (χ2v) is 9.78. The number of hydrogen-bond donors (Lipinski definition) is 1. The van der Waals surface area contributed by atoms with Crippen molar-refractivity contribution in [3.8, 4) is 5.75 Å². The molecule has 0 unspecified atom stereocenters. The Morgan fingerprint density at radius 3 is 2.00 bits per heavy atom. The van der Waals surface area contributed by atoms with Gasteiger partial charge >= 0.3 is 0 Å². The molecular formula is C29H34N2O2. The van der Waals surface area contributed by atoms with E-state index in [9.17, 15) is 4.79 Å². The number of amides is 1. The normalized spacial score (nSPS) is 15.1. The molecule has 0 aromatic heterocycles. The number of rotatable bonds is 9. The Morgan fingerprint density at radius 1 is 0.909 bits per heavy atom. The van der Waals surface area contributed by atoms with Gasteiger partial charge in [-0.15, -0.1) is 0 Å². The van der Waals surface area contributed by atoms with Crippen molar-refractivity contribution in [3.05, 3.63) is 102 Å². The zero-order chi connectivity index (χ0) is 23.5. The minimum atomic E-state index is -0.859. The second kappa shape index (κ2) is 9.40. The standard InChI is InChI=1S/C29H34N2O2/c1-22-11-10-16-25(19-22)33-26-20-31(21-26)28(2,3)17-18-29(27(30)32,23-12-6-4-7-13-23)24-14-8-5-9-15-24/h4-16,19,26H,17-18,20-21H2,1-3H3,(H2,30,32). The van der Waals surface area contributed by atoms with E-state index in [1.165, 1.54) is 5.56 Å². The van der Waals surface area contributed by atoms with E-state index < -0.39 is 5.41 Å². The van der Waals surface area contributed by atoms with Crippen molar-refractivity contribution in [1.82, 2.24) is 4.90 Å². The van der Waals surface area contributed by atoms with Gasteiger partial charge in [0.15, 0.2) is 0 Å². The molecule has 0 radical (unpaired) electrons. The maximum absolute atomic E-state index is 13.1. The molecule has 1 amide bonds. The molecule has 3 aromatic rings. The lowest BCUT2D eigenvalue weighted by Gasteiger charge is -2.49. The third kappa shape index (κ3) is 4.81. The average molecular weight is 443 g/mol. The van der Waals surface area contributed by atoms with Crippen molar-refractivity contribution in [1.29, 1.82) is 0 Å². The van der Waals surface area contributed by atoms with Crippen molar-refractivity contribution in [3.63, 3.8) is 0 Å². The second-order valence-electron chi connectivity index (χ2n) is 9.78. The van der Waals surface area contributed by atoms with Crippen LogP contribution >= 0.6 is 0 Å². The predicted octanol–water partition coefficient (Wildman–Crippen LogP) is 5.09. The minimum absolute atomic E-state index is 0.0866. The summed E-state index contributed by atoms with van der Waals surface area (Å²) in [5.74, 6) is 0.623. The Bertz CT molecular complexity index is 1030. The third-order valence-electron chi connectivity index (χ3n) is 7.06. The zero-order valence-electron chi connectivity index (χ0n) is 19.8. The molecule has 3 aromatic carbocycles. The third-order valence-corrected chi connectivity index (χ3v) is 7.06. The summed E-state index contributed by atoms with van der Waals surface area (Å²) in [4.78, 5) is 15.5. The first-order valence-corrected chi connectivity index (χ1v) is 11.7. The summed E-state index contributed by atoms with van der Waals surface area (Å²) in [6.07, 6.45) is 1.66. The van der Waals surface area contributed by atoms with E-state index in [-0.39, 0.29) is 17.6 Å². The molecule has 2 N–H and O–H groups in total. The Kier molecular flexibility index (Phi) is 6.57. The van der Waals surface area contributed by atoms with Gasteiger partial charge in [-0.2, -0.15) is 0 Å². The van der Waals surface area contributed by atoms with Crippen LogP contribution in [0.3, 0.4) is 0 Å². The molecule has 1 heterocycles. The summed E-state index contributed by atoms with van der Waals surface area (Å²) in [5, 5.41) is 0. The van der Waals surface area contributed by atoms with Crippen LogP contribution < -0.4 is 10.5 Å². The van der Waals surface area contributed by atoms with Crippen LogP contribution in [-0.4, -0.2) is 35.5 Å². The van der Waals surface area contributed by atoms with Gasteiger partial charge < -0.3 is 10.5 Å². The number of aryl methyl sites for hydroxylation is 1. The Hall–Kier alpha value is -3.11. The van der Waals surface area contributed by atoms with E-state index in [1.807, 2.05) is 72.8 Å². The fourth-order valence-electron chi connectivity index (χ4n) is 4.85. The Labute approximate surface area is 197 Å². The number of benzene rings is 3. The van der Waals surface area contributed by atoms with Gasteiger partial charge in [-0.25, -0.2) is 0 Å². The number of hydrogen-bond acceptors (Lipinski definition) is 3. The SMILES string of the molecule is Cc1cccc(OC2CN(C(C)(C)CCC(C(N)=O)(c3ccccc3)c3ccccc3)C2)c1. The molecule has 1 saturated heterocycles. The van der Waals surface area contributed by atoms with E-state index in [0.717, 1.165) is 36.4 Å². The molecule has 4 nitrogen and oxygen atoms in total. The first-order valence-electron chi connectivity index (χ1n) is 11.7. The Balaban J connectivity index is 1.49. The molecule has 0 bridgehead atoms. The van der Waals surface area contributed by atoms with Crippen molar-refractivity contribution in [2.45, 2.75) is 50.7 Å².